The van der Waals surface area contributed by atoms with Gasteiger partial charge in [-0.05, 0) is 75.0 Å². The molecule has 2 N–H and O–H groups in total. The number of aliphatic hydroxyl groups is 1. The Morgan fingerprint density at radius 1 is 1.21 bits per heavy atom. The van der Waals surface area contributed by atoms with Gasteiger partial charge in [-0.1, -0.05) is 24.8 Å². The molecule has 0 saturated heterocycles. The van der Waals surface area contributed by atoms with Crippen molar-refractivity contribution in [1.29, 1.82) is 0 Å². The highest BCUT2D eigenvalue weighted by molar-refractivity contribution is 6.11. The molecule has 5 rings (SSSR count). The highest BCUT2D eigenvalue weighted by Gasteiger charge is 2.55. The van der Waals surface area contributed by atoms with E-state index in [0.717, 1.165) is 31.4 Å². The predicted octanol–water partition coefficient (Wildman–Crippen LogP) is 5.46. The highest BCUT2D eigenvalue weighted by atomic mass is 19.3. The summed E-state index contributed by atoms with van der Waals surface area (Å²) in [6, 6.07) is 3.22. The Bertz CT molecular complexity index is 1030. The van der Waals surface area contributed by atoms with Crippen molar-refractivity contribution in [1.82, 2.24) is 5.32 Å². The van der Waals surface area contributed by atoms with Crippen molar-refractivity contribution in [2.45, 2.75) is 57.1 Å². The lowest BCUT2D eigenvalue weighted by Crippen LogP contribution is -2.61. The summed E-state index contributed by atoms with van der Waals surface area (Å²) in [7, 11) is 0. The van der Waals surface area contributed by atoms with E-state index in [1.54, 1.807) is 13.0 Å². The first-order valence-corrected chi connectivity index (χ1v) is 11.3. The average Bonchev–Trinajstić information content (AvgIpc) is 2.77. The molecule has 0 aliphatic heterocycles. The van der Waals surface area contributed by atoms with Crippen LogP contribution in [0.25, 0.3) is 0 Å². The van der Waals surface area contributed by atoms with E-state index in [4.69, 9.17) is 0 Å². The van der Waals surface area contributed by atoms with E-state index < -0.39 is 40.7 Å². The molecule has 0 aromatic heterocycles. The number of ketones is 1. The fraction of sp³-hybridized carbons (Fsp3) is 0.462. The predicted molar refractivity (Wildman–Crippen MR) is 119 cm³/mol. The molecule has 4 nitrogen and oxygen atoms in total. The number of alkyl halides is 2. The van der Waals surface area contributed by atoms with Crippen molar-refractivity contribution in [3.63, 3.8) is 0 Å². The average molecular weight is 460 g/mol. The lowest BCUT2D eigenvalue weighted by atomic mass is 9.52. The first-order chi connectivity index (χ1) is 15.6. The van der Waals surface area contributed by atoms with Crippen LogP contribution in [0.5, 0.6) is 0 Å². The molecule has 2 unspecified atom stereocenters. The molecule has 0 radical (unpaired) electrons. The van der Waals surface area contributed by atoms with Crippen molar-refractivity contribution >= 4 is 11.7 Å². The van der Waals surface area contributed by atoms with E-state index in [0.29, 0.717) is 18.8 Å². The fourth-order valence-electron chi connectivity index (χ4n) is 6.10. The summed E-state index contributed by atoms with van der Waals surface area (Å²) in [5.41, 5.74) is -2.05. The zero-order valence-electron chi connectivity index (χ0n) is 18.5. The van der Waals surface area contributed by atoms with Crippen molar-refractivity contribution in [2.75, 3.05) is 0 Å². The standard InChI is InChI=1S/C26H28F3NO3/c1-3-4-5-21(27)14(2)23(31)16-6-7-19(20(10-16)24(28)29)25(32)30-22-17-8-15-9-18(22)13-26(33,11-15)12-17/h3-7,10,15,17-18,22,24,33H,2,8-9,11-13H2,1H3,(H,30,32)/b4-3-,21-5+. The molecular formula is C26H28F3NO3. The van der Waals surface area contributed by atoms with Crippen LogP contribution in [-0.2, 0) is 0 Å². The SMILES string of the molecule is C=C(C(=O)c1ccc(C(=O)NC2C3CC4CC2CC(O)(C4)C3)c(C(F)F)c1)/C(F)=C\C=C/C. The Hall–Kier alpha value is -2.67. The number of rotatable bonds is 7. The van der Waals surface area contributed by atoms with Crippen molar-refractivity contribution in [3.8, 4) is 0 Å². The molecule has 4 aliphatic carbocycles. The van der Waals surface area contributed by atoms with E-state index in [1.165, 1.54) is 18.2 Å². The number of hydrogen-bond donors (Lipinski definition) is 2. The van der Waals surface area contributed by atoms with E-state index in [1.807, 2.05) is 0 Å². The Balaban J connectivity index is 1.54. The highest BCUT2D eigenvalue weighted by Crippen LogP contribution is 2.55. The van der Waals surface area contributed by atoms with Crippen LogP contribution in [-0.4, -0.2) is 28.4 Å². The third kappa shape index (κ3) is 4.56. The molecule has 2 atom stereocenters. The molecule has 4 saturated carbocycles. The van der Waals surface area contributed by atoms with E-state index in [9.17, 15) is 27.9 Å². The number of allylic oxidation sites excluding steroid dienone is 5. The minimum Gasteiger partial charge on any atom is -0.390 e. The molecule has 4 bridgehead atoms. The first kappa shape index (κ1) is 23.5. The third-order valence-corrected chi connectivity index (χ3v) is 7.33. The first-order valence-electron chi connectivity index (χ1n) is 11.3. The molecular weight excluding hydrogens is 431 g/mol. The van der Waals surface area contributed by atoms with Crippen LogP contribution in [0.3, 0.4) is 0 Å². The minimum atomic E-state index is -2.99. The number of halogens is 3. The van der Waals surface area contributed by atoms with Crippen molar-refractivity contribution < 1.29 is 27.9 Å². The van der Waals surface area contributed by atoms with Gasteiger partial charge in [0, 0.05) is 22.7 Å². The molecule has 4 aliphatic rings. The van der Waals surface area contributed by atoms with Gasteiger partial charge in [-0.15, -0.1) is 0 Å². The van der Waals surface area contributed by atoms with Gasteiger partial charge in [-0.25, -0.2) is 13.2 Å². The van der Waals surface area contributed by atoms with Crippen LogP contribution in [0.15, 0.2) is 54.4 Å². The molecule has 33 heavy (non-hydrogen) atoms. The maximum atomic E-state index is 14.1. The summed E-state index contributed by atoms with van der Waals surface area (Å²) in [5.74, 6) is -1.57. The Labute approximate surface area is 191 Å². The van der Waals surface area contributed by atoms with Crippen molar-refractivity contribution in [2.24, 2.45) is 17.8 Å². The van der Waals surface area contributed by atoms with Crippen LogP contribution < -0.4 is 5.32 Å². The molecule has 1 amide bonds. The maximum absolute atomic E-state index is 14.1. The van der Waals surface area contributed by atoms with Gasteiger partial charge in [0.25, 0.3) is 12.3 Å². The largest absolute Gasteiger partial charge is 0.390 e. The number of benzene rings is 1. The van der Waals surface area contributed by atoms with Gasteiger partial charge in [0.2, 0.25) is 0 Å². The molecule has 0 heterocycles. The molecule has 0 spiro atoms. The summed E-state index contributed by atoms with van der Waals surface area (Å²) in [6.45, 7) is 5.11. The third-order valence-electron chi connectivity index (χ3n) is 7.33. The van der Waals surface area contributed by atoms with Gasteiger partial charge >= 0.3 is 0 Å². The Morgan fingerprint density at radius 3 is 2.45 bits per heavy atom. The van der Waals surface area contributed by atoms with Gasteiger partial charge in [0.05, 0.1) is 11.2 Å². The van der Waals surface area contributed by atoms with E-state index >= 15 is 0 Å². The van der Waals surface area contributed by atoms with Gasteiger partial charge in [-0.3, -0.25) is 9.59 Å². The van der Waals surface area contributed by atoms with Crippen LogP contribution in [0.4, 0.5) is 13.2 Å². The number of carbonyl (C=O) groups is 2. The van der Waals surface area contributed by atoms with Gasteiger partial charge < -0.3 is 10.4 Å². The van der Waals surface area contributed by atoms with E-state index in [-0.39, 0.29) is 29.0 Å². The lowest BCUT2D eigenvalue weighted by molar-refractivity contribution is -0.136. The fourth-order valence-corrected chi connectivity index (χ4v) is 6.10. The van der Waals surface area contributed by atoms with Gasteiger partial charge in [0.15, 0.2) is 5.78 Å². The summed E-state index contributed by atoms with van der Waals surface area (Å²) >= 11 is 0. The molecule has 7 heteroatoms. The summed E-state index contributed by atoms with van der Waals surface area (Å²) in [6.07, 6.45) is 4.94. The minimum absolute atomic E-state index is 0.135. The molecule has 1 aromatic carbocycles. The zero-order chi connectivity index (χ0) is 23.9. The van der Waals surface area contributed by atoms with Crippen LogP contribution in [0, 0.1) is 17.8 Å². The lowest BCUT2D eigenvalue weighted by Gasteiger charge is -2.58. The molecule has 4 fully saturated rings. The summed E-state index contributed by atoms with van der Waals surface area (Å²) in [4.78, 5) is 25.5. The van der Waals surface area contributed by atoms with Crippen LogP contribution in [0.2, 0.25) is 0 Å². The van der Waals surface area contributed by atoms with Gasteiger partial charge in [0.1, 0.15) is 5.83 Å². The smallest absolute Gasteiger partial charge is 0.264 e. The second kappa shape index (κ2) is 8.93. The summed E-state index contributed by atoms with van der Waals surface area (Å²) in [5, 5.41) is 13.7. The topological polar surface area (TPSA) is 66.4 Å². The zero-order valence-corrected chi connectivity index (χ0v) is 18.5. The quantitative estimate of drug-likeness (QED) is 0.323. The normalized spacial score (nSPS) is 30.8. The van der Waals surface area contributed by atoms with Crippen LogP contribution >= 0.6 is 0 Å². The number of amides is 1. The Morgan fingerprint density at radius 2 is 1.88 bits per heavy atom. The summed E-state index contributed by atoms with van der Waals surface area (Å²) < 4.78 is 41.7. The maximum Gasteiger partial charge on any atom is 0.264 e. The van der Waals surface area contributed by atoms with Gasteiger partial charge in [-0.2, -0.15) is 0 Å². The molecule has 176 valence electrons. The second-order valence-electron chi connectivity index (χ2n) is 9.64. The number of Topliss-reactive ketones (excluding diaryl/α,β-unsaturated/α-hetero) is 1. The number of hydrogen-bond acceptors (Lipinski definition) is 3. The second-order valence-corrected chi connectivity index (χ2v) is 9.64. The number of nitrogens with one attached hydrogen (secondary N) is 1. The number of carbonyl (C=O) groups excluding carboxylic acids is 2. The van der Waals surface area contributed by atoms with Crippen molar-refractivity contribution in [3.05, 3.63) is 71.1 Å². The van der Waals surface area contributed by atoms with E-state index in [2.05, 4.69) is 11.9 Å². The monoisotopic (exact) mass is 459 g/mol. The van der Waals surface area contributed by atoms with Crippen LogP contribution in [0.1, 0.15) is 71.7 Å². The molecule has 1 aromatic rings. The Kier molecular flexibility index (Phi) is 6.36.